The van der Waals surface area contributed by atoms with Crippen LogP contribution in [0.2, 0.25) is 0 Å². The predicted molar refractivity (Wildman–Crippen MR) is 97.1 cm³/mol. The molecule has 0 aliphatic carbocycles. The van der Waals surface area contributed by atoms with E-state index in [1.165, 1.54) is 6.07 Å². The van der Waals surface area contributed by atoms with E-state index in [0.29, 0.717) is 10.5 Å². The minimum atomic E-state index is -0.423. The number of thioether (sulfide) groups is 1. The van der Waals surface area contributed by atoms with E-state index in [4.69, 9.17) is 0 Å². The highest BCUT2D eigenvalue weighted by Gasteiger charge is 2.35. The van der Waals surface area contributed by atoms with Gasteiger partial charge in [-0.1, -0.05) is 30.3 Å². The number of carbonyl (C=O) groups excluding carboxylic acids is 2. The van der Waals surface area contributed by atoms with Gasteiger partial charge in [0.05, 0.1) is 11.4 Å². The standard InChI is InChI=1S/C17H11FINO2S/c18-14-4-2-1-3-12(14)10-20-16(21)15(23-17(20)22)9-11-5-7-13(19)8-6-11/h1-9H,10H2/b15-9-. The molecular formula is C17H11FINO2S. The molecule has 0 bridgehead atoms. The minimum absolute atomic E-state index is 0.0542. The number of amides is 2. The van der Waals surface area contributed by atoms with Crippen molar-refractivity contribution < 1.29 is 14.0 Å². The normalized spacial score (nSPS) is 16.4. The van der Waals surface area contributed by atoms with Crippen LogP contribution in [0.5, 0.6) is 0 Å². The molecule has 0 unspecified atom stereocenters. The Kier molecular flexibility index (Phi) is 4.82. The molecule has 0 saturated carbocycles. The smallest absolute Gasteiger partial charge is 0.268 e. The fourth-order valence-electron chi connectivity index (χ4n) is 2.14. The number of nitrogens with zero attached hydrogens (tertiary/aromatic N) is 1. The number of imide groups is 1. The summed E-state index contributed by atoms with van der Waals surface area (Å²) in [7, 11) is 0. The third-order valence-corrected chi connectivity index (χ3v) is 4.95. The Hall–Kier alpha value is -1.67. The van der Waals surface area contributed by atoms with Gasteiger partial charge in [-0.15, -0.1) is 0 Å². The monoisotopic (exact) mass is 439 g/mol. The third-order valence-electron chi connectivity index (χ3n) is 3.33. The van der Waals surface area contributed by atoms with Gasteiger partial charge in [-0.25, -0.2) is 4.39 Å². The molecule has 0 spiro atoms. The lowest BCUT2D eigenvalue weighted by atomic mass is 10.2. The summed E-state index contributed by atoms with van der Waals surface area (Å²) in [4.78, 5) is 25.9. The summed E-state index contributed by atoms with van der Waals surface area (Å²) in [6.45, 7) is -0.0542. The largest absolute Gasteiger partial charge is 0.293 e. The highest BCUT2D eigenvalue weighted by Crippen LogP contribution is 2.33. The van der Waals surface area contributed by atoms with Crippen LogP contribution in [0.1, 0.15) is 11.1 Å². The van der Waals surface area contributed by atoms with Gasteiger partial charge in [0.25, 0.3) is 11.1 Å². The van der Waals surface area contributed by atoms with Crippen LogP contribution in [0.25, 0.3) is 6.08 Å². The van der Waals surface area contributed by atoms with Crippen LogP contribution in [0, 0.1) is 9.39 Å². The molecule has 0 atom stereocenters. The summed E-state index contributed by atoms with van der Waals surface area (Å²) >= 11 is 3.08. The predicted octanol–water partition coefficient (Wildman–Crippen LogP) is 4.67. The fraction of sp³-hybridized carbons (Fsp3) is 0.0588. The Morgan fingerprint density at radius 3 is 2.48 bits per heavy atom. The first-order valence-electron chi connectivity index (χ1n) is 6.79. The van der Waals surface area contributed by atoms with Crippen LogP contribution in [0.4, 0.5) is 9.18 Å². The van der Waals surface area contributed by atoms with Crippen molar-refractivity contribution >= 4 is 51.6 Å². The summed E-state index contributed by atoms with van der Waals surface area (Å²) in [6, 6.07) is 13.8. The fourth-order valence-corrected chi connectivity index (χ4v) is 3.34. The van der Waals surface area contributed by atoms with Crippen LogP contribution in [0.3, 0.4) is 0 Å². The lowest BCUT2D eigenvalue weighted by Crippen LogP contribution is -2.27. The van der Waals surface area contributed by atoms with Crippen molar-refractivity contribution in [2.45, 2.75) is 6.54 Å². The average molecular weight is 439 g/mol. The van der Waals surface area contributed by atoms with E-state index in [1.54, 1.807) is 24.3 Å². The van der Waals surface area contributed by atoms with Crippen molar-refractivity contribution in [3.8, 4) is 0 Å². The zero-order valence-electron chi connectivity index (χ0n) is 11.8. The summed E-state index contributed by atoms with van der Waals surface area (Å²) in [5, 5.41) is -0.380. The number of halogens is 2. The van der Waals surface area contributed by atoms with E-state index in [9.17, 15) is 14.0 Å². The first-order valence-corrected chi connectivity index (χ1v) is 8.68. The maximum absolute atomic E-state index is 13.7. The lowest BCUT2D eigenvalue weighted by Gasteiger charge is -2.12. The zero-order valence-corrected chi connectivity index (χ0v) is 14.8. The Bertz CT molecular complexity index is 804. The highest BCUT2D eigenvalue weighted by molar-refractivity contribution is 14.1. The zero-order chi connectivity index (χ0) is 16.4. The number of carbonyl (C=O) groups is 2. The Labute approximate surface area is 150 Å². The molecule has 3 nitrogen and oxygen atoms in total. The summed E-state index contributed by atoms with van der Waals surface area (Å²) in [5.41, 5.74) is 1.17. The molecule has 2 aromatic carbocycles. The van der Waals surface area contributed by atoms with Gasteiger partial charge in [0.2, 0.25) is 0 Å². The molecule has 1 saturated heterocycles. The van der Waals surface area contributed by atoms with Crippen molar-refractivity contribution in [1.29, 1.82) is 0 Å². The quantitative estimate of drug-likeness (QED) is 0.516. The van der Waals surface area contributed by atoms with Crippen LogP contribution in [0.15, 0.2) is 53.4 Å². The maximum atomic E-state index is 13.7. The van der Waals surface area contributed by atoms with Crippen molar-refractivity contribution in [3.05, 3.63) is 74.0 Å². The van der Waals surface area contributed by atoms with Crippen molar-refractivity contribution in [3.63, 3.8) is 0 Å². The first kappa shape index (κ1) is 16.2. The third kappa shape index (κ3) is 3.64. The van der Waals surface area contributed by atoms with Gasteiger partial charge in [0.1, 0.15) is 5.82 Å². The number of rotatable bonds is 3. The second-order valence-electron chi connectivity index (χ2n) is 4.91. The maximum Gasteiger partial charge on any atom is 0.293 e. The Morgan fingerprint density at radius 2 is 1.78 bits per heavy atom. The number of hydrogen-bond donors (Lipinski definition) is 0. The van der Waals surface area contributed by atoms with Crippen molar-refractivity contribution in [1.82, 2.24) is 4.90 Å². The summed E-state index contributed by atoms with van der Waals surface area (Å²) < 4.78 is 14.8. The molecule has 1 fully saturated rings. The first-order chi connectivity index (χ1) is 11.0. The van der Waals surface area contributed by atoms with Gasteiger partial charge in [-0.3, -0.25) is 14.5 Å². The van der Waals surface area contributed by atoms with E-state index in [-0.39, 0.29) is 17.7 Å². The van der Waals surface area contributed by atoms with Crippen LogP contribution in [-0.4, -0.2) is 16.0 Å². The minimum Gasteiger partial charge on any atom is -0.268 e. The number of benzene rings is 2. The molecule has 2 amide bonds. The van der Waals surface area contributed by atoms with Gasteiger partial charge >= 0.3 is 0 Å². The number of hydrogen-bond acceptors (Lipinski definition) is 3. The molecule has 0 N–H and O–H groups in total. The Morgan fingerprint density at radius 1 is 1.09 bits per heavy atom. The molecule has 23 heavy (non-hydrogen) atoms. The van der Waals surface area contributed by atoms with Gasteiger partial charge in [-0.05, 0) is 64.2 Å². The molecule has 1 aliphatic rings. The second kappa shape index (κ2) is 6.84. The molecule has 0 aromatic heterocycles. The topological polar surface area (TPSA) is 37.4 Å². The molecule has 0 radical (unpaired) electrons. The van der Waals surface area contributed by atoms with Crippen molar-refractivity contribution in [2.24, 2.45) is 0 Å². The van der Waals surface area contributed by atoms with E-state index in [1.807, 2.05) is 24.3 Å². The average Bonchev–Trinajstić information content (AvgIpc) is 2.79. The Balaban J connectivity index is 1.82. The molecule has 6 heteroatoms. The van der Waals surface area contributed by atoms with Crippen LogP contribution >= 0.6 is 34.4 Å². The van der Waals surface area contributed by atoms with Crippen LogP contribution in [-0.2, 0) is 11.3 Å². The van der Waals surface area contributed by atoms with E-state index >= 15 is 0 Å². The van der Waals surface area contributed by atoms with E-state index < -0.39 is 5.82 Å². The molecule has 116 valence electrons. The molecular weight excluding hydrogens is 428 g/mol. The highest BCUT2D eigenvalue weighted by atomic mass is 127. The van der Waals surface area contributed by atoms with Gasteiger partial charge in [-0.2, -0.15) is 0 Å². The summed E-state index contributed by atoms with van der Waals surface area (Å²) in [5.74, 6) is -0.810. The lowest BCUT2D eigenvalue weighted by molar-refractivity contribution is -0.123. The van der Waals surface area contributed by atoms with Gasteiger partial charge in [0.15, 0.2) is 0 Å². The van der Waals surface area contributed by atoms with Gasteiger partial charge in [0, 0.05) is 9.13 Å². The molecule has 3 rings (SSSR count). The summed E-state index contributed by atoms with van der Waals surface area (Å²) in [6.07, 6.45) is 1.68. The van der Waals surface area contributed by atoms with Crippen molar-refractivity contribution in [2.75, 3.05) is 0 Å². The SMILES string of the molecule is O=C1S/C(=C\c2ccc(I)cc2)C(=O)N1Cc1ccccc1F. The second-order valence-corrected chi connectivity index (χ2v) is 7.15. The van der Waals surface area contributed by atoms with E-state index in [2.05, 4.69) is 22.6 Å². The van der Waals surface area contributed by atoms with Gasteiger partial charge < -0.3 is 0 Å². The molecule has 2 aromatic rings. The molecule has 1 aliphatic heterocycles. The van der Waals surface area contributed by atoms with E-state index in [0.717, 1.165) is 25.8 Å². The molecule has 1 heterocycles. The van der Waals surface area contributed by atoms with Crippen LogP contribution < -0.4 is 0 Å².